The van der Waals surface area contributed by atoms with Gasteiger partial charge < -0.3 is 5.11 Å². The van der Waals surface area contributed by atoms with E-state index >= 15 is 0 Å². The van der Waals surface area contributed by atoms with Crippen molar-refractivity contribution in [3.05, 3.63) is 64.7 Å². The van der Waals surface area contributed by atoms with Crippen molar-refractivity contribution in [3.63, 3.8) is 0 Å². The number of benzene rings is 2. The van der Waals surface area contributed by atoms with Gasteiger partial charge in [0, 0.05) is 11.6 Å². The molecular weight excluding hydrogens is 346 g/mol. The highest BCUT2D eigenvalue weighted by atomic mass is 35.5. The molecule has 0 aromatic heterocycles. The zero-order valence-electron chi connectivity index (χ0n) is 13.4. The summed E-state index contributed by atoms with van der Waals surface area (Å²) in [7, 11) is -3.63. The molecule has 1 saturated heterocycles. The van der Waals surface area contributed by atoms with E-state index in [2.05, 4.69) is 0 Å². The number of aliphatic hydroxyl groups excluding tert-OH is 1. The summed E-state index contributed by atoms with van der Waals surface area (Å²) < 4.78 is 27.7. The Morgan fingerprint density at radius 3 is 2.54 bits per heavy atom. The van der Waals surface area contributed by atoms with Crippen LogP contribution in [0.2, 0.25) is 5.02 Å². The fraction of sp³-hybridized carbons (Fsp3) is 0.333. The molecule has 0 saturated carbocycles. The van der Waals surface area contributed by atoms with E-state index in [1.165, 1.54) is 4.31 Å². The number of rotatable bonds is 3. The van der Waals surface area contributed by atoms with E-state index in [4.69, 9.17) is 11.6 Å². The van der Waals surface area contributed by atoms with Gasteiger partial charge in [0.15, 0.2) is 0 Å². The molecule has 128 valence electrons. The zero-order chi connectivity index (χ0) is 17.3. The van der Waals surface area contributed by atoms with Crippen LogP contribution in [0.1, 0.15) is 30.0 Å². The lowest BCUT2D eigenvalue weighted by Crippen LogP contribution is -2.42. The van der Waals surface area contributed by atoms with Gasteiger partial charge in [0.05, 0.1) is 17.0 Å². The lowest BCUT2D eigenvalue weighted by Gasteiger charge is -2.37. The van der Waals surface area contributed by atoms with Crippen LogP contribution in [-0.2, 0) is 10.0 Å². The SMILES string of the molecule is Cc1ccc(S(=O)(=O)N2CC[C@H](O)C[C@H]2c2cccc(Cl)c2)cc1. The Hall–Kier alpha value is -1.40. The van der Waals surface area contributed by atoms with Crippen molar-refractivity contribution < 1.29 is 13.5 Å². The molecule has 1 N–H and O–H groups in total. The summed E-state index contributed by atoms with van der Waals surface area (Å²) in [5.74, 6) is 0. The van der Waals surface area contributed by atoms with Gasteiger partial charge in [-0.15, -0.1) is 0 Å². The molecule has 3 rings (SSSR count). The van der Waals surface area contributed by atoms with Crippen LogP contribution in [0.4, 0.5) is 0 Å². The number of aryl methyl sites for hydroxylation is 1. The standard InChI is InChI=1S/C18H20ClNO3S/c1-13-5-7-17(8-6-13)24(22,23)20-10-9-16(21)12-18(20)14-3-2-4-15(19)11-14/h2-8,11,16,18,21H,9-10,12H2,1H3/t16-,18-/m0/s1. The molecule has 2 aromatic carbocycles. The Morgan fingerprint density at radius 2 is 1.88 bits per heavy atom. The van der Waals surface area contributed by atoms with Gasteiger partial charge in [-0.2, -0.15) is 4.31 Å². The molecule has 0 spiro atoms. The zero-order valence-corrected chi connectivity index (χ0v) is 15.0. The first kappa shape index (κ1) is 17.4. The number of nitrogens with zero attached hydrogens (tertiary/aromatic N) is 1. The molecule has 2 aromatic rings. The Labute approximate surface area is 147 Å². The van der Waals surface area contributed by atoms with Crippen LogP contribution in [0.3, 0.4) is 0 Å². The van der Waals surface area contributed by atoms with Crippen molar-refractivity contribution in [3.8, 4) is 0 Å². The van der Waals surface area contributed by atoms with Crippen LogP contribution < -0.4 is 0 Å². The third-order valence-corrected chi connectivity index (χ3v) is 6.54. The molecule has 4 nitrogen and oxygen atoms in total. The maximum Gasteiger partial charge on any atom is 0.243 e. The third-order valence-electron chi connectivity index (χ3n) is 4.39. The van der Waals surface area contributed by atoms with Crippen LogP contribution in [0, 0.1) is 6.92 Å². The molecule has 1 fully saturated rings. The summed E-state index contributed by atoms with van der Waals surface area (Å²) in [6.45, 7) is 2.21. The van der Waals surface area contributed by atoms with E-state index < -0.39 is 22.2 Å². The minimum absolute atomic E-state index is 0.275. The van der Waals surface area contributed by atoms with Crippen molar-refractivity contribution in [1.29, 1.82) is 0 Å². The predicted octanol–water partition coefficient (Wildman–Crippen LogP) is 3.54. The van der Waals surface area contributed by atoms with Gasteiger partial charge in [-0.05, 0) is 49.6 Å². The van der Waals surface area contributed by atoms with Crippen molar-refractivity contribution in [2.45, 2.75) is 36.8 Å². The molecule has 1 aliphatic heterocycles. The molecule has 6 heteroatoms. The largest absolute Gasteiger partial charge is 0.393 e. The van der Waals surface area contributed by atoms with Crippen LogP contribution in [0.25, 0.3) is 0 Å². The average Bonchev–Trinajstić information content (AvgIpc) is 2.55. The maximum absolute atomic E-state index is 13.1. The first-order chi connectivity index (χ1) is 11.4. The number of aliphatic hydroxyl groups is 1. The Morgan fingerprint density at radius 1 is 1.17 bits per heavy atom. The third kappa shape index (κ3) is 3.49. The lowest BCUT2D eigenvalue weighted by atomic mass is 9.95. The number of piperidine rings is 1. The summed E-state index contributed by atoms with van der Waals surface area (Å²) in [4.78, 5) is 0.275. The highest BCUT2D eigenvalue weighted by Crippen LogP contribution is 2.36. The smallest absolute Gasteiger partial charge is 0.243 e. The summed E-state index contributed by atoms with van der Waals surface area (Å²) in [5, 5.41) is 10.6. The molecule has 1 aliphatic rings. The molecule has 2 atom stereocenters. The summed E-state index contributed by atoms with van der Waals surface area (Å²) in [6, 6.07) is 13.6. The van der Waals surface area contributed by atoms with Gasteiger partial charge >= 0.3 is 0 Å². The van der Waals surface area contributed by atoms with Crippen LogP contribution in [0.5, 0.6) is 0 Å². The molecule has 0 aliphatic carbocycles. The molecule has 1 heterocycles. The van der Waals surface area contributed by atoms with Gasteiger partial charge in [0.25, 0.3) is 0 Å². The highest BCUT2D eigenvalue weighted by molar-refractivity contribution is 7.89. The van der Waals surface area contributed by atoms with Gasteiger partial charge in [0.2, 0.25) is 10.0 Å². The Balaban J connectivity index is 2.01. The average molecular weight is 366 g/mol. The molecule has 0 bridgehead atoms. The van der Waals surface area contributed by atoms with Gasteiger partial charge in [-0.25, -0.2) is 8.42 Å². The van der Waals surface area contributed by atoms with E-state index in [-0.39, 0.29) is 11.4 Å². The minimum atomic E-state index is -3.63. The normalized spacial score (nSPS) is 22.5. The first-order valence-corrected chi connectivity index (χ1v) is 9.72. The molecule has 0 amide bonds. The summed E-state index contributed by atoms with van der Waals surface area (Å²) in [5.41, 5.74) is 1.81. The topological polar surface area (TPSA) is 57.6 Å². The molecule has 0 unspecified atom stereocenters. The van der Waals surface area contributed by atoms with Crippen molar-refractivity contribution >= 4 is 21.6 Å². The number of sulfonamides is 1. The van der Waals surface area contributed by atoms with Crippen molar-refractivity contribution in [2.75, 3.05) is 6.54 Å². The number of halogens is 1. The summed E-state index contributed by atoms with van der Waals surface area (Å²) >= 11 is 6.07. The van der Waals surface area contributed by atoms with E-state index in [0.717, 1.165) is 11.1 Å². The Kier molecular flexibility index (Phi) is 4.97. The predicted molar refractivity (Wildman–Crippen MR) is 94.5 cm³/mol. The van der Waals surface area contributed by atoms with Crippen molar-refractivity contribution in [2.24, 2.45) is 0 Å². The van der Waals surface area contributed by atoms with Crippen molar-refractivity contribution in [1.82, 2.24) is 4.31 Å². The van der Waals surface area contributed by atoms with Gasteiger partial charge in [0.1, 0.15) is 0 Å². The first-order valence-electron chi connectivity index (χ1n) is 7.90. The lowest BCUT2D eigenvalue weighted by molar-refractivity contribution is 0.0808. The van der Waals surface area contributed by atoms with E-state index in [0.29, 0.717) is 17.9 Å². The van der Waals surface area contributed by atoms with Crippen LogP contribution in [0.15, 0.2) is 53.4 Å². The second-order valence-corrected chi connectivity index (χ2v) is 8.50. The fourth-order valence-corrected chi connectivity index (χ4v) is 4.91. The molecule has 0 radical (unpaired) electrons. The highest BCUT2D eigenvalue weighted by Gasteiger charge is 2.37. The number of hydrogen-bond acceptors (Lipinski definition) is 3. The van der Waals surface area contributed by atoms with E-state index in [9.17, 15) is 13.5 Å². The van der Waals surface area contributed by atoms with Gasteiger partial charge in [-0.1, -0.05) is 41.4 Å². The second kappa shape index (κ2) is 6.84. The monoisotopic (exact) mass is 365 g/mol. The maximum atomic E-state index is 13.1. The van der Waals surface area contributed by atoms with Crippen LogP contribution >= 0.6 is 11.6 Å². The van der Waals surface area contributed by atoms with E-state index in [1.54, 1.807) is 42.5 Å². The van der Waals surface area contributed by atoms with E-state index in [1.807, 2.05) is 13.0 Å². The van der Waals surface area contributed by atoms with Crippen LogP contribution in [-0.4, -0.2) is 30.5 Å². The summed E-state index contributed by atoms with van der Waals surface area (Å²) in [6.07, 6.45) is 0.284. The van der Waals surface area contributed by atoms with Gasteiger partial charge in [-0.3, -0.25) is 0 Å². The Bertz CT molecular complexity index is 820. The quantitative estimate of drug-likeness (QED) is 0.905. The number of hydrogen-bond donors (Lipinski definition) is 1. The molecule has 24 heavy (non-hydrogen) atoms. The second-order valence-electron chi connectivity index (χ2n) is 6.18. The minimum Gasteiger partial charge on any atom is -0.393 e. The fourth-order valence-electron chi connectivity index (χ4n) is 3.07. The molecular formula is C18H20ClNO3S.